The molecule has 0 aliphatic carbocycles. The summed E-state index contributed by atoms with van der Waals surface area (Å²) in [7, 11) is 0. The molecule has 0 aliphatic rings. The molecule has 0 radical (unpaired) electrons. The van der Waals surface area contributed by atoms with E-state index in [4.69, 9.17) is 9.47 Å². The number of carbonyl (C=O) groups is 1. The van der Waals surface area contributed by atoms with E-state index in [2.05, 4.69) is 10.6 Å². The molecule has 0 heterocycles. The largest absolute Gasteiger partial charge is 0.490 e. The minimum absolute atomic E-state index is 0.247. The van der Waals surface area contributed by atoms with E-state index in [-0.39, 0.29) is 6.03 Å². The van der Waals surface area contributed by atoms with E-state index in [9.17, 15) is 4.79 Å². The number of urea groups is 1. The molecule has 0 atom stereocenters. The van der Waals surface area contributed by atoms with Crippen molar-refractivity contribution in [1.82, 2.24) is 5.32 Å². The Labute approximate surface area is 136 Å². The van der Waals surface area contributed by atoms with Gasteiger partial charge < -0.3 is 20.1 Å². The lowest BCUT2D eigenvalue weighted by molar-refractivity contribution is 0.251. The smallest absolute Gasteiger partial charge is 0.319 e. The lowest BCUT2D eigenvalue weighted by atomic mass is 10.2. The third-order valence-corrected chi connectivity index (χ3v) is 3.09. The Morgan fingerprint density at radius 2 is 1.65 bits per heavy atom. The second-order valence-electron chi connectivity index (χ2n) is 4.82. The summed E-state index contributed by atoms with van der Waals surface area (Å²) in [5.41, 5.74) is 1.70. The van der Waals surface area contributed by atoms with Crippen LogP contribution in [0.4, 0.5) is 10.5 Å². The first-order chi connectivity index (χ1) is 11.2. The Hall–Kier alpha value is -2.69. The van der Waals surface area contributed by atoms with Gasteiger partial charge >= 0.3 is 6.03 Å². The third kappa shape index (κ3) is 5.21. The molecule has 2 rings (SSSR count). The number of nitrogens with one attached hydrogen (secondary N) is 2. The topological polar surface area (TPSA) is 59.6 Å². The fourth-order valence-electron chi connectivity index (χ4n) is 2.08. The van der Waals surface area contributed by atoms with E-state index >= 15 is 0 Å². The molecular weight excluding hydrogens is 292 g/mol. The summed E-state index contributed by atoms with van der Waals surface area (Å²) in [5.74, 6) is 1.41. The summed E-state index contributed by atoms with van der Waals surface area (Å²) >= 11 is 0. The molecular formula is C18H22N2O3. The monoisotopic (exact) mass is 314 g/mol. The molecule has 0 saturated heterocycles. The Balaban J connectivity index is 1.94. The van der Waals surface area contributed by atoms with Gasteiger partial charge in [0.25, 0.3) is 0 Å². The van der Waals surface area contributed by atoms with Crippen molar-refractivity contribution < 1.29 is 14.3 Å². The summed E-state index contributed by atoms with van der Waals surface area (Å²) in [4.78, 5) is 11.9. The summed E-state index contributed by atoms with van der Waals surface area (Å²) in [6.07, 6.45) is 0. The van der Waals surface area contributed by atoms with Gasteiger partial charge in [-0.2, -0.15) is 0 Å². The first-order valence-corrected chi connectivity index (χ1v) is 7.71. The minimum atomic E-state index is -0.247. The predicted molar refractivity (Wildman–Crippen MR) is 91.1 cm³/mol. The average molecular weight is 314 g/mol. The zero-order valence-electron chi connectivity index (χ0n) is 13.5. The molecule has 2 amide bonds. The fraction of sp³-hybridized carbons (Fsp3) is 0.278. The molecule has 0 saturated carbocycles. The molecule has 0 aliphatic heterocycles. The van der Waals surface area contributed by atoms with Crippen LogP contribution in [-0.4, -0.2) is 19.2 Å². The van der Waals surface area contributed by atoms with Gasteiger partial charge in [-0.05, 0) is 43.7 Å². The van der Waals surface area contributed by atoms with Gasteiger partial charge in [0.15, 0.2) is 11.5 Å². The predicted octanol–water partition coefficient (Wildman–Crippen LogP) is 3.81. The third-order valence-electron chi connectivity index (χ3n) is 3.09. The molecule has 2 aromatic rings. The van der Waals surface area contributed by atoms with Crippen molar-refractivity contribution in [3.63, 3.8) is 0 Å². The molecule has 2 aromatic carbocycles. The highest BCUT2D eigenvalue weighted by Crippen LogP contribution is 2.28. The number of anilines is 1. The van der Waals surface area contributed by atoms with Crippen LogP contribution in [0.1, 0.15) is 19.4 Å². The van der Waals surface area contributed by atoms with E-state index in [0.29, 0.717) is 31.3 Å². The zero-order chi connectivity index (χ0) is 16.5. The molecule has 23 heavy (non-hydrogen) atoms. The maximum atomic E-state index is 11.9. The number of hydrogen-bond donors (Lipinski definition) is 2. The second-order valence-corrected chi connectivity index (χ2v) is 4.82. The number of benzene rings is 2. The van der Waals surface area contributed by atoms with Crippen molar-refractivity contribution >= 4 is 11.7 Å². The lowest BCUT2D eigenvalue weighted by Gasteiger charge is -2.13. The van der Waals surface area contributed by atoms with E-state index in [1.165, 1.54) is 0 Å². The Morgan fingerprint density at radius 3 is 2.35 bits per heavy atom. The minimum Gasteiger partial charge on any atom is -0.490 e. The molecule has 0 aromatic heterocycles. The van der Waals surface area contributed by atoms with Crippen LogP contribution >= 0.6 is 0 Å². The average Bonchev–Trinajstić information content (AvgIpc) is 2.56. The van der Waals surface area contributed by atoms with Gasteiger partial charge in [0.1, 0.15) is 0 Å². The molecule has 122 valence electrons. The molecule has 2 N–H and O–H groups in total. The van der Waals surface area contributed by atoms with Crippen molar-refractivity contribution in [2.75, 3.05) is 18.5 Å². The standard InChI is InChI=1S/C18H22N2O3/c1-3-22-16-11-10-14(12-17(16)23-4-2)13-19-18(21)20-15-8-6-5-7-9-15/h5-12H,3-4,13H2,1-2H3,(H2,19,20,21). The Kier molecular flexibility index (Phi) is 6.29. The van der Waals surface area contributed by atoms with Gasteiger partial charge in [-0.25, -0.2) is 4.79 Å². The van der Waals surface area contributed by atoms with Crippen LogP contribution < -0.4 is 20.1 Å². The Bertz CT molecular complexity index is 629. The molecule has 0 spiro atoms. The quantitative estimate of drug-likeness (QED) is 0.817. The van der Waals surface area contributed by atoms with Crippen molar-refractivity contribution in [1.29, 1.82) is 0 Å². The maximum Gasteiger partial charge on any atom is 0.319 e. The SMILES string of the molecule is CCOc1ccc(CNC(=O)Nc2ccccc2)cc1OCC. The van der Waals surface area contributed by atoms with Crippen LogP contribution in [0.15, 0.2) is 48.5 Å². The van der Waals surface area contributed by atoms with E-state index in [1.54, 1.807) is 0 Å². The number of hydrogen-bond acceptors (Lipinski definition) is 3. The summed E-state index contributed by atoms with van der Waals surface area (Å²) in [6.45, 7) is 5.40. The lowest BCUT2D eigenvalue weighted by Crippen LogP contribution is -2.28. The highest BCUT2D eigenvalue weighted by Gasteiger charge is 2.07. The van der Waals surface area contributed by atoms with E-state index in [0.717, 1.165) is 11.3 Å². The van der Waals surface area contributed by atoms with Crippen LogP contribution in [0.3, 0.4) is 0 Å². The fourth-order valence-corrected chi connectivity index (χ4v) is 2.08. The first-order valence-electron chi connectivity index (χ1n) is 7.71. The molecule has 0 bridgehead atoms. The highest BCUT2D eigenvalue weighted by molar-refractivity contribution is 5.89. The van der Waals surface area contributed by atoms with Crippen LogP contribution in [0.5, 0.6) is 11.5 Å². The number of amides is 2. The van der Waals surface area contributed by atoms with Gasteiger partial charge in [-0.3, -0.25) is 0 Å². The van der Waals surface area contributed by atoms with Crippen LogP contribution in [0.2, 0.25) is 0 Å². The zero-order valence-corrected chi connectivity index (χ0v) is 13.5. The molecule has 0 fully saturated rings. The van der Waals surface area contributed by atoms with Crippen LogP contribution in [-0.2, 0) is 6.54 Å². The van der Waals surface area contributed by atoms with Crippen molar-refractivity contribution in [2.45, 2.75) is 20.4 Å². The van der Waals surface area contributed by atoms with Gasteiger partial charge in [-0.15, -0.1) is 0 Å². The molecule has 5 heteroatoms. The summed E-state index contributed by atoms with van der Waals surface area (Å²) in [6, 6.07) is 14.7. The number of para-hydroxylation sites is 1. The Morgan fingerprint density at radius 1 is 0.957 bits per heavy atom. The summed E-state index contributed by atoms with van der Waals surface area (Å²) < 4.78 is 11.1. The van der Waals surface area contributed by atoms with Crippen LogP contribution in [0, 0.1) is 0 Å². The normalized spacial score (nSPS) is 10.0. The highest BCUT2D eigenvalue weighted by atomic mass is 16.5. The maximum absolute atomic E-state index is 11.9. The van der Waals surface area contributed by atoms with Gasteiger partial charge in [0.05, 0.1) is 13.2 Å². The van der Waals surface area contributed by atoms with E-state index in [1.807, 2.05) is 62.4 Å². The van der Waals surface area contributed by atoms with Crippen LogP contribution in [0.25, 0.3) is 0 Å². The van der Waals surface area contributed by atoms with Gasteiger partial charge in [0, 0.05) is 12.2 Å². The van der Waals surface area contributed by atoms with Gasteiger partial charge in [-0.1, -0.05) is 24.3 Å². The molecule has 5 nitrogen and oxygen atoms in total. The van der Waals surface area contributed by atoms with Crippen molar-refractivity contribution in [2.24, 2.45) is 0 Å². The number of rotatable bonds is 7. The number of carbonyl (C=O) groups excluding carboxylic acids is 1. The van der Waals surface area contributed by atoms with Crippen molar-refractivity contribution in [3.05, 3.63) is 54.1 Å². The summed E-state index contributed by atoms with van der Waals surface area (Å²) in [5, 5.41) is 5.60. The first kappa shape index (κ1) is 16.7. The number of ether oxygens (including phenoxy) is 2. The van der Waals surface area contributed by atoms with Gasteiger partial charge in [0.2, 0.25) is 0 Å². The van der Waals surface area contributed by atoms with Crippen molar-refractivity contribution in [3.8, 4) is 11.5 Å². The second kappa shape index (κ2) is 8.68. The van der Waals surface area contributed by atoms with E-state index < -0.39 is 0 Å². The molecule has 0 unspecified atom stereocenters.